The smallest absolute Gasteiger partial charge is 0.229 e. The van der Waals surface area contributed by atoms with Crippen molar-refractivity contribution in [2.45, 2.75) is 0 Å². The predicted octanol–water partition coefficient (Wildman–Crippen LogP) is 2.93. The average Bonchev–Trinajstić information content (AvgIpc) is 3.01. The number of ketones is 2. The van der Waals surface area contributed by atoms with Crippen molar-refractivity contribution in [1.29, 1.82) is 0 Å². The molecule has 0 unspecified atom stereocenters. The van der Waals surface area contributed by atoms with E-state index in [1.54, 1.807) is 36.4 Å². The second kappa shape index (κ2) is 5.87. The summed E-state index contributed by atoms with van der Waals surface area (Å²) in [5, 5.41) is 5.18. The Labute approximate surface area is 131 Å². The normalized spacial score (nSPS) is 10.4. The lowest BCUT2D eigenvalue weighted by atomic mass is 10.0. The number of nitrogens with one attached hydrogen (secondary N) is 2. The molecule has 6 heteroatoms. The van der Waals surface area contributed by atoms with Crippen LogP contribution >= 0.6 is 12.2 Å². The van der Waals surface area contributed by atoms with E-state index in [0.717, 1.165) is 0 Å². The molecule has 0 aliphatic heterocycles. The van der Waals surface area contributed by atoms with Crippen LogP contribution < -0.4 is 0 Å². The molecule has 3 aromatic rings. The van der Waals surface area contributed by atoms with Crippen LogP contribution in [-0.4, -0.2) is 26.7 Å². The molecule has 3 rings (SSSR count). The van der Waals surface area contributed by atoms with E-state index in [1.165, 1.54) is 0 Å². The van der Waals surface area contributed by atoms with Crippen molar-refractivity contribution in [3.05, 3.63) is 81.9 Å². The molecule has 0 bridgehead atoms. The van der Waals surface area contributed by atoms with Crippen LogP contribution in [0.15, 0.2) is 54.6 Å². The van der Waals surface area contributed by atoms with Crippen LogP contribution in [0.25, 0.3) is 0 Å². The number of aromatic nitrogens is 3. The van der Waals surface area contributed by atoms with Crippen LogP contribution in [0.5, 0.6) is 0 Å². The summed E-state index contributed by atoms with van der Waals surface area (Å²) in [5.74, 6) is -0.225. The fourth-order valence-corrected chi connectivity index (χ4v) is 2.19. The summed E-state index contributed by atoms with van der Waals surface area (Å²) in [4.78, 5) is 28.3. The van der Waals surface area contributed by atoms with Crippen molar-refractivity contribution >= 4 is 23.8 Å². The first-order valence-electron chi connectivity index (χ1n) is 6.54. The van der Waals surface area contributed by atoms with E-state index in [0.29, 0.717) is 16.7 Å². The molecular formula is C16H11N3O2S. The lowest BCUT2D eigenvalue weighted by molar-refractivity contribution is 0.102. The molecule has 2 aromatic carbocycles. The first kappa shape index (κ1) is 14.1. The minimum atomic E-state index is -0.286. The summed E-state index contributed by atoms with van der Waals surface area (Å²) >= 11 is 4.82. The number of aromatic amines is 2. The topological polar surface area (TPSA) is 78.6 Å². The molecule has 0 spiro atoms. The van der Waals surface area contributed by atoms with Gasteiger partial charge in [-0.05, 0) is 12.2 Å². The van der Waals surface area contributed by atoms with Gasteiger partial charge in [0.05, 0.1) is 0 Å². The summed E-state index contributed by atoms with van der Waals surface area (Å²) in [6.45, 7) is 0. The van der Waals surface area contributed by atoms with Crippen molar-refractivity contribution in [2.24, 2.45) is 0 Å². The zero-order valence-corrected chi connectivity index (χ0v) is 12.2. The summed E-state index contributed by atoms with van der Waals surface area (Å²) < 4.78 is 0.222. The first-order chi connectivity index (χ1) is 10.6. The van der Waals surface area contributed by atoms with Crippen molar-refractivity contribution in [1.82, 2.24) is 15.2 Å². The van der Waals surface area contributed by atoms with Crippen molar-refractivity contribution in [2.75, 3.05) is 0 Å². The summed E-state index contributed by atoms with van der Waals surface area (Å²) in [6.07, 6.45) is 0. The fourth-order valence-electron chi connectivity index (χ4n) is 2.04. The van der Waals surface area contributed by atoms with E-state index in [4.69, 9.17) is 12.2 Å². The van der Waals surface area contributed by atoms with E-state index < -0.39 is 0 Å². The van der Waals surface area contributed by atoms with Gasteiger partial charge in [0, 0.05) is 16.7 Å². The first-order valence-corrected chi connectivity index (χ1v) is 6.95. The Morgan fingerprint density at radius 2 is 1.32 bits per heavy atom. The van der Waals surface area contributed by atoms with Gasteiger partial charge in [0.1, 0.15) is 0 Å². The number of carbonyl (C=O) groups excluding carboxylic acids is 2. The molecular weight excluding hydrogens is 298 g/mol. The van der Waals surface area contributed by atoms with Crippen LogP contribution in [0.1, 0.15) is 32.1 Å². The highest BCUT2D eigenvalue weighted by Gasteiger charge is 2.14. The van der Waals surface area contributed by atoms with Crippen LogP contribution in [0.4, 0.5) is 0 Å². The van der Waals surface area contributed by atoms with Crippen molar-refractivity contribution < 1.29 is 9.59 Å². The number of carbonyl (C=O) groups is 2. The largest absolute Gasteiger partial charge is 0.289 e. The maximum atomic E-state index is 12.3. The Morgan fingerprint density at radius 3 is 1.86 bits per heavy atom. The average molecular weight is 309 g/mol. The quantitative estimate of drug-likeness (QED) is 0.574. The molecule has 1 heterocycles. The molecule has 22 heavy (non-hydrogen) atoms. The Bertz CT molecular complexity index is 880. The van der Waals surface area contributed by atoms with Gasteiger partial charge in [-0.1, -0.05) is 54.6 Å². The highest BCUT2D eigenvalue weighted by molar-refractivity contribution is 7.71. The molecule has 0 radical (unpaired) electrons. The monoisotopic (exact) mass is 309 g/mol. The second-order valence-electron chi connectivity index (χ2n) is 4.62. The van der Waals surface area contributed by atoms with Gasteiger partial charge in [-0.3, -0.25) is 19.8 Å². The third kappa shape index (κ3) is 2.77. The Balaban J connectivity index is 1.85. The van der Waals surface area contributed by atoms with Gasteiger partial charge < -0.3 is 0 Å². The van der Waals surface area contributed by atoms with Crippen LogP contribution in [0.2, 0.25) is 0 Å². The highest BCUT2D eigenvalue weighted by atomic mass is 32.1. The zero-order chi connectivity index (χ0) is 15.5. The number of rotatable bonds is 4. The minimum Gasteiger partial charge on any atom is -0.289 e. The van der Waals surface area contributed by atoms with E-state index in [1.807, 2.05) is 18.2 Å². The molecule has 1 aromatic heterocycles. The van der Waals surface area contributed by atoms with Crippen LogP contribution in [-0.2, 0) is 0 Å². The third-order valence-electron chi connectivity index (χ3n) is 3.16. The molecule has 5 nitrogen and oxygen atoms in total. The van der Waals surface area contributed by atoms with Gasteiger partial charge in [-0.2, -0.15) is 4.98 Å². The third-order valence-corrected chi connectivity index (χ3v) is 3.35. The molecule has 0 aliphatic rings. The lowest BCUT2D eigenvalue weighted by Crippen LogP contribution is -2.05. The van der Waals surface area contributed by atoms with E-state index in [9.17, 15) is 9.59 Å². The molecule has 0 aliphatic carbocycles. The van der Waals surface area contributed by atoms with Crippen molar-refractivity contribution in [3.63, 3.8) is 0 Å². The molecule has 0 amide bonds. The Morgan fingerprint density at radius 1 is 0.773 bits per heavy atom. The van der Waals surface area contributed by atoms with E-state index in [-0.39, 0.29) is 22.2 Å². The van der Waals surface area contributed by atoms with Gasteiger partial charge in [0.25, 0.3) is 0 Å². The van der Waals surface area contributed by atoms with Crippen LogP contribution in [0.3, 0.4) is 0 Å². The molecule has 108 valence electrons. The second-order valence-corrected chi connectivity index (χ2v) is 5.00. The van der Waals surface area contributed by atoms with Crippen LogP contribution in [0, 0.1) is 4.77 Å². The number of benzene rings is 2. The predicted molar refractivity (Wildman–Crippen MR) is 83.5 cm³/mol. The number of hydrogen-bond acceptors (Lipinski definition) is 4. The molecule has 0 fully saturated rings. The minimum absolute atomic E-state index is 0.0845. The van der Waals surface area contributed by atoms with E-state index >= 15 is 0 Å². The number of nitrogens with zero attached hydrogens (tertiary/aromatic N) is 1. The van der Waals surface area contributed by atoms with Crippen molar-refractivity contribution in [3.8, 4) is 0 Å². The molecule has 0 saturated carbocycles. The molecule has 2 N–H and O–H groups in total. The summed E-state index contributed by atoms with van der Waals surface area (Å²) in [7, 11) is 0. The Kier molecular flexibility index (Phi) is 3.76. The Hall–Kier alpha value is -2.86. The van der Waals surface area contributed by atoms with Gasteiger partial charge in [-0.15, -0.1) is 0 Å². The maximum absolute atomic E-state index is 12.3. The van der Waals surface area contributed by atoms with Gasteiger partial charge >= 0.3 is 0 Å². The SMILES string of the molecule is O=C(c1ccccc1)c1ccc(C(=O)c2nc(=S)[nH][nH]2)cc1. The summed E-state index contributed by atoms with van der Waals surface area (Å²) in [5.41, 5.74) is 1.57. The maximum Gasteiger partial charge on any atom is 0.229 e. The summed E-state index contributed by atoms with van der Waals surface area (Å²) in [6, 6.07) is 15.4. The van der Waals surface area contributed by atoms with Gasteiger partial charge in [0.2, 0.25) is 10.6 Å². The van der Waals surface area contributed by atoms with Gasteiger partial charge in [0.15, 0.2) is 11.6 Å². The zero-order valence-electron chi connectivity index (χ0n) is 11.4. The fraction of sp³-hybridized carbons (Fsp3) is 0. The number of hydrogen-bond donors (Lipinski definition) is 2. The lowest BCUT2D eigenvalue weighted by Gasteiger charge is -2.02. The highest BCUT2D eigenvalue weighted by Crippen LogP contribution is 2.12. The molecule has 0 saturated heterocycles. The number of H-pyrrole nitrogens is 2. The standard InChI is InChI=1S/C16H11N3O2S/c20-13(10-4-2-1-3-5-10)11-6-8-12(9-7-11)14(21)15-17-16(22)19-18-15/h1-9H,(H2,17,18,19,22). The van der Waals surface area contributed by atoms with Gasteiger partial charge in [-0.25, -0.2) is 0 Å². The van der Waals surface area contributed by atoms with E-state index in [2.05, 4.69) is 15.2 Å². The molecule has 0 atom stereocenters.